The summed E-state index contributed by atoms with van der Waals surface area (Å²) in [6.45, 7) is 1.85. The molecular weight excluding hydrogens is 480 g/mol. The summed E-state index contributed by atoms with van der Waals surface area (Å²) in [6, 6.07) is 18.7. The predicted molar refractivity (Wildman–Crippen MR) is 121 cm³/mol. The van der Waals surface area contributed by atoms with E-state index in [1.54, 1.807) is 22.7 Å². The molecule has 4 aromatic rings. The summed E-state index contributed by atoms with van der Waals surface area (Å²) >= 11 is 3.35. The maximum Gasteiger partial charge on any atom is 0.254 e. The van der Waals surface area contributed by atoms with Gasteiger partial charge in [-0.25, -0.2) is 13.4 Å². The molecule has 1 aliphatic heterocycles. The lowest BCUT2D eigenvalue weighted by Gasteiger charge is -2.35. The van der Waals surface area contributed by atoms with E-state index >= 15 is 0 Å². The number of halogens is 1. The van der Waals surface area contributed by atoms with Crippen LogP contribution in [0.15, 0.2) is 76.4 Å². The van der Waals surface area contributed by atoms with Crippen LogP contribution in [-0.4, -0.2) is 58.5 Å². The molecule has 3 heterocycles. The smallest absolute Gasteiger partial charge is 0.254 e. The van der Waals surface area contributed by atoms with Crippen molar-refractivity contribution >= 4 is 37.5 Å². The molecule has 158 valence electrons. The lowest BCUT2D eigenvalue weighted by atomic mass is 10.1. The average Bonchev–Trinajstić information content (AvgIpc) is 3.28. The predicted octanol–water partition coefficient (Wildman–Crippen LogP) is 3.06. The van der Waals surface area contributed by atoms with Crippen LogP contribution in [0.25, 0.3) is 17.0 Å². The fourth-order valence-corrected chi connectivity index (χ4v) is 5.73. The minimum atomic E-state index is -3.54. The Labute approximate surface area is 188 Å². The first-order chi connectivity index (χ1) is 15.0. The van der Waals surface area contributed by atoms with Gasteiger partial charge in [0.2, 0.25) is 10.0 Å². The number of fused-ring (bicyclic) bond motifs is 1. The Morgan fingerprint density at radius 3 is 2.42 bits per heavy atom. The van der Waals surface area contributed by atoms with Gasteiger partial charge in [-0.15, -0.1) is 0 Å². The SMILES string of the molecule is O=S(=O)(c1cccc(Br)c1)N1CCN(c2cc(-c3ccccc3)nc3ncnn23)CC1. The van der Waals surface area contributed by atoms with Gasteiger partial charge in [0, 0.05) is 42.3 Å². The summed E-state index contributed by atoms with van der Waals surface area (Å²) in [5.41, 5.74) is 1.80. The van der Waals surface area contributed by atoms with E-state index in [9.17, 15) is 8.42 Å². The molecule has 0 radical (unpaired) electrons. The van der Waals surface area contributed by atoms with E-state index in [-0.39, 0.29) is 0 Å². The van der Waals surface area contributed by atoms with E-state index in [2.05, 4.69) is 35.9 Å². The van der Waals surface area contributed by atoms with Crippen molar-refractivity contribution in [2.24, 2.45) is 0 Å². The molecule has 0 atom stereocenters. The highest BCUT2D eigenvalue weighted by Crippen LogP contribution is 2.26. The van der Waals surface area contributed by atoms with Crippen LogP contribution in [0.2, 0.25) is 0 Å². The molecule has 0 N–H and O–H groups in total. The number of sulfonamides is 1. The Bertz CT molecular complexity index is 1330. The van der Waals surface area contributed by atoms with E-state index in [0.29, 0.717) is 36.9 Å². The van der Waals surface area contributed by atoms with Gasteiger partial charge in [-0.1, -0.05) is 52.3 Å². The van der Waals surface area contributed by atoms with Crippen LogP contribution in [0.4, 0.5) is 5.82 Å². The summed E-state index contributed by atoms with van der Waals surface area (Å²) in [5.74, 6) is 1.36. The summed E-state index contributed by atoms with van der Waals surface area (Å²) in [7, 11) is -3.54. The number of anilines is 1. The van der Waals surface area contributed by atoms with E-state index < -0.39 is 10.0 Å². The summed E-state index contributed by atoms with van der Waals surface area (Å²) in [6.07, 6.45) is 1.48. The highest BCUT2D eigenvalue weighted by Gasteiger charge is 2.29. The minimum absolute atomic E-state index is 0.296. The van der Waals surface area contributed by atoms with E-state index in [1.165, 1.54) is 10.6 Å². The molecule has 0 aliphatic carbocycles. The molecule has 2 aromatic carbocycles. The van der Waals surface area contributed by atoms with E-state index in [1.807, 2.05) is 42.5 Å². The van der Waals surface area contributed by atoms with Crippen LogP contribution in [0.3, 0.4) is 0 Å². The topological polar surface area (TPSA) is 83.7 Å². The van der Waals surface area contributed by atoms with Gasteiger partial charge < -0.3 is 4.90 Å². The lowest BCUT2D eigenvalue weighted by Crippen LogP contribution is -2.49. The number of aromatic nitrogens is 4. The van der Waals surface area contributed by atoms with Gasteiger partial charge in [-0.3, -0.25) is 0 Å². The Hall–Kier alpha value is -2.82. The number of piperazine rings is 1. The molecule has 5 rings (SSSR count). The molecule has 0 amide bonds. The second-order valence-electron chi connectivity index (χ2n) is 7.19. The van der Waals surface area contributed by atoms with Crippen LogP contribution in [0.5, 0.6) is 0 Å². The fourth-order valence-electron chi connectivity index (χ4n) is 3.71. The minimum Gasteiger partial charge on any atom is -0.354 e. The molecule has 0 unspecified atom stereocenters. The Morgan fingerprint density at radius 1 is 0.903 bits per heavy atom. The van der Waals surface area contributed by atoms with Gasteiger partial charge in [0.05, 0.1) is 10.6 Å². The van der Waals surface area contributed by atoms with Crippen molar-refractivity contribution in [3.8, 4) is 11.3 Å². The molecule has 31 heavy (non-hydrogen) atoms. The first-order valence-electron chi connectivity index (χ1n) is 9.79. The summed E-state index contributed by atoms with van der Waals surface area (Å²) < 4.78 is 30.1. The molecule has 2 aromatic heterocycles. The fraction of sp³-hybridized carbons (Fsp3) is 0.190. The summed E-state index contributed by atoms with van der Waals surface area (Å²) in [4.78, 5) is 11.3. The molecule has 0 saturated carbocycles. The van der Waals surface area contributed by atoms with Crippen molar-refractivity contribution in [3.05, 3.63) is 71.5 Å². The third-order valence-electron chi connectivity index (χ3n) is 5.30. The van der Waals surface area contributed by atoms with Crippen LogP contribution in [0, 0.1) is 0 Å². The van der Waals surface area contributed by atoms with Crippen molar-refractivity contribution in [3.63, 3.8) is 0 Å². The number of hydrogen-bond donors (Lipinski definition) is 0. The molecule has 0 spiro atoms. The Morgan fingerprint density at radius 2 is 1.68 bits per heavy atom. The summed E-state index contributed by atoms with van der Waals surface area (Å²) in [5, 5.41) is 4.32. The van der Waals surface area contributed by atoms with Gasteiger partial charge in [0.15, 0.2) is 0 Å². The Balaban J connectivity index is 1.43. The number of rotatable bonds is 4. The molecule has 0 bridgehead atoms. The van der Waals surface area contributed by atoms with Gasteiger partial charge in [0.1, 0.15) is 12.1 Å². The second-order valence-corrected chi connectivity index (χ2v) is 10.0. The first kappa shape index (κ1) is 20.1. The quantitative estimate of drug-likeness (QED) is 0.429. The molecule has 10 heteroatoms. The third-order valence-corrected chi connectivity index (χ3v) is 7.69. The van der Waals surface area contributed by atoms with Crippen molar-refractivity contribution in [2.75, 3.05) is 31.1 Å². The zero-order valence-corrected chi connectivity index (χ0v) is 18.9. The monoisotopic (exact) mass is 498 g/mol. The molecule has 1 aliphatic rings. The maximum atomic E-state index is 13.0. The van der Waals surface area contributed by atoms with Gasteiger partial charge >= 0.3 is 0 Å². The standard InChI is InChI=1S/C21H19BrN6O2S/c22-17-7-4-8-18(13-17)31(29,30)27-11-9-26(10-12-27)20-14-19(16-5-2-1-3-6-16)25-21-23-15-24-28(20)21/h1-8,13-15H,9-12H2. The van der Waals surface area contributed by atoms with Crippen LogP contribution in [-0.2, 0) is 10.0 Å². The van der Waals surface area contributed by atoms with Crippen LogP contribution in [0.1, 0.15) is 0 Å². The Kier molecular flexibility index (Phi) is 5.20. The highest BCUT2D eigenvalue weighted by atomic mass is 79.9. The van der Waals surface area contributed by atoms with Gasteiger partial charge in [0.25, 0.3) is 5.78 Å². The van der Waals surface area contributed by atoms with Gasteiger partial charge in [-0.05, 0) is 18.2 Å². The molecule has 1 fully saturated rings. The van der Waals surface area contributed by atoms with E-state index in [0.717, 1.165) is 21.5 Å². The van der Waals surface area contributed by atoms with Crippen molar-refractivity contribution < 1.29 is 8.42 Å². The lowest BCUT2D eigenvalue weighted by molar-refractivity contribution is 0.383. The van der Waals surface area contributed by atoms with Crippen LogP contribution >= 0.6 is 15.9 Å². The molecular formula is C21H19BrN6O2S. The number of nitrogens with zero attached hydrogens (tertiary/aromatic N) is 6. The normalized spacial score (nSPS) is 15.5. The second kappa shape index (κ2) is 8.03. The average molecular weight is 499 g/mol. The zero-order chi connectivity index (χ0) is 21.4. The highest BCUT2D eigenvalue weighted by molar-refractivity contribution is 9.10. The van der Waals surface area contributed by atoms with Gasteiger partial charge in [-0.2, -0.15) is 18.9 Å². The van der Waals surface area contributed by atoms with Crippen molar-refractivity contribution in [2.45, 2.75) is 4.90 Å². The first-order valence-corrected chi connectivity index (χ1v) is 12.0. The number of benzene rings is 2. The van der Waals surface area contributed by atoms with Crippen LogP contribution < -0.4 is 4.90 Å². The third kappa shape index (κ3) is 3.82. The van der Waals surface area contributed by atoms with E-state index in [4.69, 9.17) is 0 Å². The molecule has 1 saturated heterocycles. The van der Waals surface area contributed by atoms with Crippen molar-refractivity contribution in [1.29, 1.82) is 0 Å². The maximum absolute atomic E-state index is 13.0. The zero-order valence-electron chi connectivity index (χ0n) is 16.5. The number of hydrogen-bond acceptors (Lipinski definition) is 6. The van der Waals surface area contributed by atoms with Crippen molar-refractivity contribution in [1.82, 2.24) is 23.9 Å². The molecule has 8 nitrogen and oxygen atoms in total. The largest absolute Gasteiger partial charge is 0.354 e.